The number of nitrogens with zero attached hydrogens (tertiary/aromatic N) is 4. The minimum Gasteiger partial charge on any atom is -0.346 e. The molecule has 4 rings (SSSR count). The van der Waals surface area contributed by atoms with Crippen molar-refractivity contribution < 1.29 is 4.79 Å². The van der Waals surface area contributed by atoms with E-state index in [-0.39, 0.29) is 6.03 Å². The monoisotopic (exact) mass is 353 g/mol. The molecule has 3 heterocycles. The number of thiazole rings is 1. The Labute approximate surface area is 150 Å². The maximum atomic E-state index is 12.5. The first-order valence-electron chi connectivity index (χ1n) is 8.37. The second-order valence-corrected chi connectivity index (χ2v) is 6.90. The van der Waals surface area contributed by atoms with Gasteiger partial charge in [-0.25, -0.2) is 14.8 Å². The fraction of sp³-hybridized carbons (Fsp3) is 0.278. The molecule has 6 nitrogen and oxygen atoms in total. The maximum Gasteiger partial charge on any atom is 0.321 e. The Kier molecular flexibility index (Phi) is 4.47. The van der Waals surface area contributed by atoms with E-state index in [4.69, 9.17) is 0 Å². The summed E-state index contributed by atoms with van der Waals surface area (Å²) < 4.78 is 0. The molecule has 0 bridgehead atoms. The van der Waals surface area contributed by atoms with E-state index in [1.165, 1.54) is 0 Å². The van der Waals surface area contributed by atoms with Crippen molar-refractivity contribution in [1.29, 1.82) is 0 Å². The lowest BCUT2D eigenvalue weighted by molar-refractivity contribution is 0.215. The van der Waals surface area contributed by atoms with Crippen LogP contribution in [0.15, 0.2) is 48.7 Å². The van der Waals surface area contributed by atoms with Gasteiger partial charge in [-0.2, -0.15) is 0 Å². The summed E-state index contributed by atoms with van der Waals surface area (Å²) in [4.78, 5) is 26.6. The lowest BCUT2D eigenvalue weighted by Gasteiger charge is -2.22. The first kappa shape index (κ1) is 15.8. The van der Waals surface area contributed by atoms with E-state index >= 15 is 0 Å². The van der Waals surface area contributed by atoms with Crippen LogP contribution in [0.25, 0.3) is 10.3 Å². The van der Waals surface area contributed by atoms with Crippen LogP contribution in [-0.2, 0) is 0 Å². The Morgan fingerprint density at radius 1 is 1.04 bits per heavy atom. The molecular weight excluding hydrogens is 334 g/mol. The van der Waals surface area contributed by atoms with Crippen LogP contribution in [-0.4, -0.2) is 47.1 Å². The number of fused-ring (bicyclic) bond motifs is 1. The maximum absolute atomic E-state index is 12.5. The standard InChI is InChI=1S/C18H19N5OS/c24-17(20-14-6-2-1-3-7-14)22-10-5-11-23(13-12-22)18-21-15-8-4-9-19-16(15)25-18/h1-4,6-9H,5,10-13H2,(H,20,24). The summed E-state index contributed by atoms with van der Waals surface area (Å²) in [6, 6.07) is 13.4. The van der Waals surface area contributed by atoms with Crippen LogP contribution in [0.2, 0.25) is 0 Å². The summed E-state index contributed by atoms with van der Waals surface area (Å²) in [5.74, 6) is 0. The summed E-state index contributed by atoms with van der Waals surface area (Å²) in [6.07, 6.45) is 2.72. The Balaban J connectivity index is 1.42. The van der Waals surface area contributed by atoms with Gasteiger partial charge in [0.15, 0.2) is 5.13 Å². The highest BCUT2D eigenvalue weighted by Gasteiger charge is 2.21. The Morgan fingerprint density at radius 3 is 2.76 bits per heavy atom. The van der Waals surface area contributed by atoms with E-state index in [0.29, 0.717) is 6.54 Å². The van der Waals surface area contributed by atoms with E-state index in [2.05, 4.69) is 20.2 Å². The SMILES string of the molecule is O=C(Nc1ccccc1)N1CCCN(c2nc3cccnc3s2)CC1. The van der Waals surface area contributed by atoms with Crippen LogP contribution in [0.1, 0.15) is 6.42 Å². The molecule has 1 aromatic carbocycles. The van der Waals surface area contributed by atoms with Crippen molar-refractivity contribution in [2.75, 3.05) is 36.4 Å². The van der Waals surface area contributed by atoms with Gasteiger partial charge in [0.1, 0.15) is 10.3 Å². The number of nitrogens with one attached hydrogen (secondary N) is 1. The van der Waals surface area contributed by atoms with E-state index in [1.807, 2.05) is 47.4 Å². The summed E-state index contributed by atoms with van der Waals surface area (Å²) in [6.45, 7) is 3.11. The van der Waals surface area contributed by atoms with Gasteiger partial charge >= 0.3 is 6.03 Å². The molecule has 1 saturated heterocycles. The van der Waals surface area contributed by atoms with Gasteiger partial charge in [-0.05, 0) is 30.7 Å². The fourth-order valence-electron chi connectivity index (χ4n) is 2.93. The summed E-state index contributed by atoms with van der Waals surface area (Å²) in [5, 5.41) is 3.95. The second-order valence-electron chi connectivity index (χ2n) is 5.95. The molecule has 7 heteroatoms. The highest BCUT2D eigenvalue weighted by Crippen LogP contribution is 2.27. The predicted octanol–water partition coefficient (Wildman–Crippen LogP) is 3.44. The van der Waals surface area contributed by atoms with Crippen molar-refractivity contribution in [3.05, 3.63) is 48.7 Å². The quantitative estimate of drug-likeness (QED) is 0.767. The topological polar surface area (TPSA) is 61.4 Å². The third kappa shape index (κ3) is 3.56. The average molecular weight is 353 g/mol. The zero-order valence-corrected chi connectivity index (χ0v) is 14.6. The molecule has 1 aliphatic rings. The first-order valence-corrected chi connectivity index (χ1v) is 9.19. The molecule has 2 aromatic heterocycles. The highest BCUT2D eigenvalue weighted by atomic mass is 32.1. The molecule has 0 saturated carbocycles. The van der Waals surface area contributed by atoms with Gasteiger partial charge in [0, 0.05) is 38.1 Å². The number of rotatable bonds is 2. The van der Waals surface area contributed by atoms with Crippen LogP contribution >= 0.6 is 11.3 Å². The van der Waals surface area contributed by atoms with Crippen molar-refractivity contribution in [1.82, 2.24) is 14.9 Å². The Hall–Kier alpha value is -2.67. The van der Waals surface area contributed by atoms with Gasteiger partial charge in [0.25, 0.3) is 0 Å². The summed E-state index contributed by atoms with van der Waals surface area (Å²) >= 11 is 1.61. The molecule has 0 spiro atoms. The molecule has 1 N–H and O–H groups in total. The van der Waals surface area contributed by atoms with Crippen molar-refractivity contribution >= 4 is 38.5 Å². The number of pyridine rings is 1. The molecule has 1 aliphatic heterocycles. The molecule has 2 amide bonds. The van der Waals surface area contributed by atoms with E-state index in [9.17, 15) is 4.79 Å². The van der Waals surface area contributed by atoms with Gasteiger partial charge in [-0.15, -0.1) is 0 Å². The molecule has 25 heavy (non-hydrogen) atoms. The lowest BCUT2D eigenvalue weighted by Crippen LogP contribution is -2.38. The van der Waals surface area contributed by atoms with Crippen LogP contribution in [0.3, 0.4) is 0 Å². The first-order chi connectivity index (χ1) is 12.3. The van der Waals surface area contributed by atoms with Gasteiger partial charge in [0.05, 0.1) is 0 Å². The number of anilines is 2. The van der Waals surface area contributed by atoms with Gasteiger partial charge in [-0.1, -0.05) is 29.5 Å². The van der Waals surface area contributed by atoms with Crippen LogP contribution < -0.4 is 10.2 Å². The minimum atomic E-state index is -0.0426. The van der Waals surface area contributed by atoms with Crippen molar-refractivity contribution in [2.24, 2.45) is 0 Å². The molecule has 128 valence electrons. The van der Waals surface area contributed by atoms with E-state index in [1.54, 1.807) is 17.5 Å². The highest BCUT2D eigenvalue weighted by molar-refractivity contribution is 7.21. The number of amides is 2. The van der Waals surface area contributed by atoms with E-state index in [0.717, 1.165) is 47.2 Å². The smallest absolute Gasteiger partial charge is 0.321 e. The Bertz CT molecular complexity index is 833. The van der Waals surface area contributed by atoms with Crippen LogP contribution in [0, 0.1) is 0 Å². The number of hydrogen-bond acceptors (Lipinski definition) is 5. The number of hydrogen-bond donors (Lipinski definition) is 1. The van der Waals surface area contributed by atoms with Crippen LogP contribution in [0.5, 0.6) is 0 Å². The van der Waals surface area contributed by atoms with Crippen molar-refractivity contribution in [3.8, 4) is 0 Å². The molecule has 0 atom stereocenters. The third-order valence-corrected chi connectivity index (χ3v) is 5.27. The van der Waals surface area contributed by atoms with Gasteiger partial charge in [0.2, 0.25) is 0 Å². The average Bonchev–Trinajstić information content (AvgIpc) is 2.91. The van der Waals surface area contributed by atoms with Gasteiger partial charge in [-0.3, -0.25) is 0 Å². The fourth-order valence-corrected chi connectivity index (χ4v) is 3.89. The zero-order valence-electron chi connectivity index (χ0n) is 13.8. The third-order valence-electron chi connectivity index (χ3n) is 4.23. The molecular formula is C18H19N5OS. The van der Waals surface area contributed by atoms with Crippen molar-refractivity contribution in [3.63, 3.8) is 0 Å². The van der Waals surface area contributed by atoms with E-state index < -0.39 is 0 Å². The lowest BCUT2D eigenvalue weighted by atomic mass is 10.3. The largest absolute Gasteiger partial charge is 0.346 e. The molecule has 3 aromatic rings. The summed E-state index contributed by atoms with van der Waals surface area (Å²) in [5.41, 5.74) is 1.76. The number of para-hydroxylation sites is 1. The Morgan fingerprint density at radius 2 is 1.92 bits per heavy atom. The normalized spacial score (nSPS) is 15.2. The number of aromatic nitrogens is 2. The molecule has 1 fully saturated rings. The number of carbonyl (C=O) groups is 1. The number of urea groups is 1. The molecule has 0 unspecified atom stereocenters. The summed E-state index contributed by atoms with van der Waals surface area (Å²) in [7, 11) is 0. The zero-order chi connectivity index (χ0) is 17.1. The minimum absolute atomic E-state index is 0.0426. The van der Waals surface area contributed by atoms with Crippen LogP contribution in [0.4, 0.5) is 15.6 Å². The van der Waals surface area contributed by atoms with Gasteiger partial charge < -0.3 is 15.1 Å². The second kappa shape index (κ2) is 7.06. The van der Waals surface area contributed by atoms with Crippen molar-refractivity contribution in [2.45, 2.75) is 6.42 Å². The molecule has 0 radical (unpaired) electrons. The number of benzene rings is 1. The predicted molar refractivity (Wildman–Crippen MR) is 101 cm³/mol. The number of carbonyl (C=O) groups excluding carboxylic acids is 1. The molecule has 0 aliphatic carbocycles.